The molecule has 0 spiro atoms. The lowest BCUT2D eigenvalue weighted by Gasteiger charge is -2.08. The molecular weight excluding hydrogens is 262 g/mol. The maximum Gasteiger partial charge on any atom is 0.151 e. The molecule has 6 heteroatoms. The fraction of sp³-hybridized carbons (Fsp3) is 0.462. The summed E-state index contributed by atoms with van der Waals surface area (Å²) in [7, 11) is -0.903. The van der Waals surface area contributed by atoms with Crippen molar-refractivity contribution < 1.29 is 8.42 Å². The van der Waals surface area contributed by atoms with Gasteiger partial charge in [0.15, 0.2) is 9.84 Å². The highest BCUT2D eigenvalue weighted by atomic mass is 32.2. The van der Waals surface area contributed by atoms with E-state index in [0.717, 1.165) is 16.6 Å². The number of hydrogen-bond donors (Lipinski definition) is 1. The van der Waals surface area contributed by atoms with Crippen molar-refractivity contribution in [1.29, 1.82) is 0 Å². The van der Waals surface area contributed by atoms with Crippen LogP contribution in [0.4, 0.5) is 0 Å². The van der Waals surface area contributed by atoms with E-state index in [2.05, 4.69) is 10.4 Å². The second-order valence-electron chi connectivity index (χ2n) is 5.07. The summed E-state index contributed by atoms with van der Waals surface area (Å²) in [5.41, 5.74) is 2.07. The van der Waals surface area contributed by atoms with Crippen LogP contribution in [0.3, 0.4) is 0 Å². The lowest BCUT2D eigenvalue weighted by molar-refractivity contribution is 0.546. The Kier molecular flexibility index (Phi) is 3.06. The molecule has 3 rings (SSSR count). The van der Waals surface area contributed by atoms with Gasteiger partial charge in [-0.15, -0.1) is 0 Å². The van der Waals surface area contributed by atoms with Gasteiger partial charge >= 0.3 is 0 Å². The van der Waals surface area contributed by atoms with Crippen LogP contribution in [0.25, 0.3) is 10.9 Å². The molecule has 19 heavy (non-hydrogen) atoms. The summed E-state index contributed by atoms with van der Waals surface area (Å²) in [5.74, 6) is 0.547. The summed E-state index contributed by atoms with van der Waals surface area (Å²) in [6.07, 6.45) is 0.701. The first-order chi connectivity index (χ1) is 9.05. The van der Waals surface area contributed by atoms with Crippen molar-refractivity contribution in [3.8, 4) is 0 Å². The van der Waals surface area contributed by atoms with Gasteiger partial charge in [-0.1, -0.05) is 18.2 Å². The molecule has 1 aromatic heterocycles. The van der Waals surface area contributed by atoms with Crippen LogP contribution in [-0.2, 0) is 23.4 Å². The standard InChI is InChI=1S/C13H17N3O2S/c1-16-13-5-3-2-4-11(13)12(15-16)8-14-10-6-7-19(17,18)9-10/h2-5,10,14H,6-9H2,1H3. The number of fused-ring (bicyclic) bond motifs is 1. The highest BCUT2D eigenvalue weighted by Gasteiger charge is 2.27. The van der Waals surface area contributed by atoms with E-state index in [0.29, 0.717) is 18.7 Å². The topological polar surface area (TPSA) is 64.0 Å². The van der Waals surface area contributed by atoms with Gasteiger partial charge in [-0.2, -0.15) is 5.10 Å². The molecule has 102 valence electrons. The maximum absolute atomic E-state index is 11.4. The minimum Gasteiger partial charge on any atom is -0.307 e. The zero-order valence-electron chi connectivity index (χ0n) is 10.8. The molecule has 1 aliphatic rings. The van der Waals surface area contributed by atoms with Crippen molar-refractivity contribution in [3.63, 3.8) is 0 Å². The van der Waals surface area contributed by atoms with Gasteiger partial charge in [-0.3, -0.25) is 4.68 Å². The molecule has 0 amide bonds. The van der Waals surface area contributed by atoms with Gasteiger partial charge in [0.2, 0.25) is 0 Å². The number of aromatic nitrogens is 2. The summed E-state index contributed by atoms with van der Waals surface area (Å²) in [4.78, 5) is 0. The van der Waals surface area contributed by atoms with Crippen LogP contribution in [0.1, 0.15) is 12.1 Å². The lowest BCUT2D eigenvalue weighted by Crippen LogP contribution is -2.29. The van der Waals surface area contributed by atoms with E-state index in [9.17, 15) is 8.42 Å². The highest BCUT2D eigenvalue weighted by molar-refractivity contribution is 7.91. The molecule has 2 aromatic rings. The second-order valence-corrected chi connectivity index (χ2v) is 7.30. The Hall–Kier alpha value is -1.40. The van der Waals surface area contributed by atoms with Crippen molar-refractivity contribution in [3.05, 3.63) is 30.0 Å². The van der Waals surface area contributed by atoms with Crippen LogP contribution >= 0.6 is 0 Å². The lowest BCUT2D eigenvalue weighted by atomic mass is 10.2. The largest absolute Gasteiger partial charge is 0.307 e. The van der Waals surface area contributed by atoms with Gasteiger partial charge in [-0.25, -0.2) is 8.42 Å². The molecule has 2 heterocycles. The van der Waals surface area contributed by atoms with Crippen molar-refractivity contribution in [2.75, 3.05) is 11.5 Å². The SMILES string of the molecule is Cn1nc(CNC2CCS(=O)(=O)C2)c2ccccc21. The summed E-state index contributed by atoms with van der Waals surface area (Å²) < 4.78 is 24.7. The monoisotopic (exact) mass is 279 g/mol. The molecule has 1 unspecified atom stereocenters. The van der Waals surface area contributed by atoms with Crippen LogP contribution < -0.4 is 5.32 Å². The Morgan fingerprint density at radius 3 is 2.95 bits per heavy atom. The predicted octanol–water partition coefficient (Wildman–Crippen LogP) is 0.850. The van der Waals surface area contributed by atoms with E-state index in [1.807, 2.05) is 36.0 Å². The molecule has 1 saturated heterocycles. The van der Waals surface area contributed by atoms with Crippen molar-refractivity contribution in [2.24, 2.45) is 7.05 Å². The molecule has 5 nitrogen and oxygen atoms in total. The third kappa shape index (κ3) is 2.50. The predicted molar refractivity (Wildman–Crippen MR) is 74.6 cm³/mol. The summed E-state index contributed by atoms with van der Waals surface area (Å²) >= 11 is 0. The van der Waals surface area contributed by atoms with Gasteiger partial charge in [-0.05, 0) is 12.5 Å². The number of para-hydroxylation sites is 1. The number of nitrogens with zero attached hydrogens (tertiary/aromatic N) is 2. The molecule has 0 saturated carbocycles. The number of rotatable bonds is 3. The molecule has 1 aliphatic heterocycles. The van der Waals surface area contributed by atoms with E-state index < -0.39 is 9.84 Å². The van der Waals surface area contributed by atoms with Crippen molar-refractivity contribution >= 4 is 20.7 Å². The zero-order chi connectivity index (χ0) is 13.5. The van der Waals surface area contributed by atoms with Gasteiger partial charge in [0.1, 0.15) is 0 Å². The molecule has 1 atom stereocenters. The Morgan fingerprint density at radius 1 is 1.42 bits per heavy atom. The van der Waals surface area contributed by atoms with E-state index in [1.165, 1.54) is 0 Å². The Morgan fingerprint density at radius 2 is 2.21 bits per heavy atom. The molecular formula is C13H17N3O2S. The third-order valence-corrected chi connectivity index (χ3v) is 5.39. The van der Waals surface area contributed by atoms with Crippen LogP contribution in [-0.4, -0.2) is 35.7 Å². The number of hydrogen-bond acceptors (Lipinski definition) is 4. The van der Waals surface area contributed by atoms with Crippen LogP contribution in [0.15, 0.2) is 24.3 Å². The van der Waals surface area contributed by atoms with Gasteiger partial charge < -0.3 is 5.32 Å². The van der Waals surface area contributed by atoms with Crippen LogP contribution in [0.2, 0.25) is 0 Å². The average molecular weight is 279 g/mol. The van der Waals surface area contributed by atoms with Crippen LogP contribution in [0, 0.1) is 0 Å². The second kappa shape index (κ2) is 4.61. The Bertz CT molecular complexity index is 706. The smallest absolute Gasteiger partial charge is 0.151 e. The number of aryl methyl sites for hydroxylation is 1. The highest BCUT2D eigenvalue weighted by Crippen LogP contribution is 2.18. The van der Waals surface area contributed by atoms with Crippen molar-refractivity contribution in [1.82, 2.24) is 15.1 Å². The fourth-order valence-electron chi connectivity index (χ4n) is 2.62. The fourth-order valence-corrected chi connectivity index (χ4v) is 4.32. The van der Waals surface area contributed by atoms with Gasteiger partial charge in [0.25, 0.3) is 0 Å². The number of nitrogens with one attached hydrogen (secondary N) is 1. The van der Waals surface area contributed by atoms with E-state index in [1.54, 1.807) is 0 Å². The van der Waals surface area contributed by atoms with Gasteiger partial charge in [0, 0.05) is 25.0 Å². The normalized spacial score (nSPS) is 22.1. The zero-order valence-corrected chi connectivity index (χ0v) is 11.7. The molecule has 0 bridgehead atoms. The van der Waals surface area contributed by atoms with Crippen molar-refractivity contribution in [2.45, 2.75) is 19.0 Å². The van der Waals surface area contributed by atoms with Crippen LogP contribution in [0.5, 0.6) is 0 Å². The molecule has 1 N–H and O–H groups in total. The number of benzene rings is 1. The Labute approximate surface area is 112 Å². The molecule has 0 radical (unpaired) electrons. The van der Waals surface area contributed by atoms with E-state index in [4.69, 9.17) is 0 Å². The molecule has 0 aliphatic carbocycles. The van der Waals surface area contributed by atoms with Gasteiger partial charge in [0.05, 0.1) is 22.7 Å². The first-order valence-electron chi connectivity index (χ1n) is 6.39. The summed E-state index contributed by atoms with van der Waals surface area (Å²) in [5, 5.41) is 8.92. The molecule has 1 aromatic carbocycles. The minimum absolute atomic E-state index is 0.0609. The minimum atomic E-state index is -2.83. The molecule has 1 fully saturated rings. The number of sulfone groups is 1. The average Bonchev–Trinajstić information content (AvgIpc) is 2.88. The first kappa shape index (κ1) is 12.6. The summed E-state index contributed by atoms with van der Waals surface area (Å²) in [6.45, 7) is 0.613. The first-order valence-corrected chi connectivity index (χ1v) is 8.22. The van der Waals surface area contributed by atoms with E-state index >= 15 is 0 Å². The maximum atomic E-state index is 11.4. The summed E-state index contributed by atoms with van der Waals surface area (Å²) in [6, 6.07) is 8.13. The van der Waals surface area contributed by atoms with E-state index in [-0.39, 0.29) is 11.8 Å². The third-order valence-electron chi connectivity index (χ3n) is 3.62. The quantitative estimate of drug-likeness (QED) is 0.904. The Balaban J connectivity index is 1.76.